The van der Waals surface area contributed by atoms with Crippen LogP contribution in [0.4, 0.5) is 5.69 Å². The Kier molecular flexibility index (Phi) is 4.46. The Morgan fingerprint density at radius 1 is 1.43 bits per heavy atom. The number of nitrogens with zero attached hydrogens (tertiary/aromatic N) is 1. The molecule has 0 radical (unpaired) electrons. The molecule has 0 atom stereocenters. The molecule has 7 nitrogen and oxygen atoms in total. The highest BCUT2D eigenvalue weighted by molar-refractivity contribution is 9.15. The van der Waals surface area contributed by atoms with Crippen LogP contribution < -0.4 is 9.47 Å². The molecule has 0 bridgehead atoms. The average molecular weight is 358 g/mol. The molecule has 0 spiro atoms. The summed E-state index contributed by atoms with van der Waals surface area (Å²) in [5.74, 6) is 0.153. The first-order chi connectivity index (χ1) is 9.95. The zero-order chi connectivity index (χ0) is 15.6. The monoisotopic (exact) mass is 357 g/mol. The number of halogens is 1. The Morgan fingerprint density at radius 2 is 2.05 bits per heavy atom. The maximum absolute atomic E-state index is 11.7. The number of hydrogen-bond acceptors (Lipinski definition) is 6. The van der Waals surface area contributed by atoms with Gasteiger partial charge in [-0.15, -0.1) is 0 Å². The first kappa shape index (κ1) is 15.3. The van der Waals surface area contributed by atoms with Gasteiger partial charge in [0.25, 0.3) is 5.69 Å². The Hall–Kier alpha value is -2.09. The largest absolute Gasteiger partial charge is 0.463 e. The van der Waals surface area contributed by atoms with Crippen molar-refractivity contribution in [2.75, 3.05) is 13.4 Å². The lowest BCUT2D eigenvalue weighted by Gasteiger charge is -2.08. The van der Waals surface area contributed by atoms with Crippen LogP contribution in [0, 0.1) is 10.1 Å². The van der Waals surface area contributed by atoms with E-state index in [9.17, 15) is 14.9 Å². The molecule has 8 heteroatoms. The molecule has 1 aromatic carbocycles. The molecule has 1 heterocycles. The van der Waals surface area contributed by atoms with Gasteiger partial charge in [0.1, 0.15) is 0 Å². The predicted molar refractivity (Wildman–Crippen MR) is 77.4 cm³/mol. The third-order valence-electron chi connectivity index (χ3n) is 2.83. The van der Waals surface area contributed by atoms with E-state index in [1.807, 2.05) is 0 Å². The molecular weight excluding hydrogens is 346 g/mol. The van der Waals surface area contributed by atoms with Gasteiger partial charge in [0, 0.05) is 10.1 Å². The summed E-state index contributed by atoms with van der Waals surface area (Å²) in [7, 11) is 0. The van der Waals surface area contributed by atoms with Crippen molar-refractivity contribution in [1.82, 2.24) is 0 Å². The molecule has 112 valence electrons. The number of ether oxygens (including phenoxy) is 3. The third kappa shape index (κ3) is 2.99. The molecule has 2 rings (SSSR count). The standard InChI is InChI=1S/C13H12BrNO6/c1-3-19-13(16)7(2)12(14)8-4-10-11(21-6-20-10)5-9(8)15(17)18/h4-5H,3,6H2,1-2H3/b12-7-. The van der Waals surface area contributed by atoms with Crippen LogP contribution in [-0.2, 0) is 9.53 Å². The second kappa shape index (κ2) is 6.13. The lowest BCUT2D eigenvalue weighted by molar-refractivity contribution is -0.385. The lowest BCUT2D eigenvalue weighted by atomic mass is 10.1. The predicted octanol–water partition coefficient (Wildman–Crippen LogP) is 3.01. The fraction of sp³-hybridized carbons (Fsp3) is 0.308. The second-order valence-corrected chi connectivity index (χ2v) is 4.93. The maximum atomic E-state index is 11.7. The van der Waals surface area contributed by atoms with Crippen molar-refractivity contribution in [3.63, 3.8) is 0 Å². The molecule has 0 saturated carbocycles. The number of fused-ring (bicyclic) bond motifs is 1. The molecule has 0 unspecified atom stereocenters. The summed E-state index contributed by atoms with van der Waals surface area (Å²) in [5.41, 5.74) is 0.281. The molecule has 1 aromatic rings. The van der Waals surface area contributed by atoms with E-state index in [0.29, 0.717) is 11.5 Å². The fourth-order valence-corrected chi connectivity index (χ4v) is 2.27. The van der Waals surface area contributed by atoms with Gasteiger partial charge in [0.2, 0.25) is 6.79 Å². The summed E-state index contributed by atoms with van der Waals surface area (Å²) in [6, 6.07) is 2.74. The topological polar surface area (TPSA) is 87.9 Å². The number of nitro groups is 1. The number of rotatable bonds is 4. The van der Waals surface area contributed by atoms with Gasteiger partial charge >= 0.3 is 5.97 Å². The number of esters is 1. The minimum atomic E-state index is -0.545. The minimum absolute atomic E-state index is 0.00807. The smallest absolute Gasteiger partial charge is 0.334 e. The van der Waals surface area contributed by atoms with E-state index in [1.165, 1.54) is 19.1 Å². The second-order valence-electron chi connectivity index (χ2n) is 4.14. The summed E-state index contributed by atoms with van der Waals surface area (Å²) in [6.07, 6.45) is 0. The highest BCUT2D eigenvalue weighted by Crippen LogP contribution is 2.42. The Bertz CT molecular complexity index is 640. The molecule has 1 aliphatic rings. The summed E-state index contributed by atoms with van der Waals surface area (Å²) < 4.78 is 15.5. The van der Waals surface area contributed by atoms with Crippen molar-refractivity contribution in [2.45, 2.75) is 13.8 Å². The minimum Gasteiger partial charge on any atom is -0.463 e. The molecule has 0 saturated heterocycles. The van der Waals surface area contributed by atoms with Crippen molar-refractivity contribution in [1.29, 1.82) is 0 Å². The van der Waals surface area contributed by atoms with Crippen LogP contribution in [0.25, 0.3) is 4.48 Å². The zero-order valence-corrected chi connectivity index (χ0v) is 12.9. The number of carbonyl (C=O) groups is 1. The van der Waals surface area contributed by atoms with E-state index in [2.05, 4.69) is 15.9 Å². The molecule has 0 N–H and O–H groups in total. The Balaban J connectivity index is 2.54. The van der Waals surface area contributed by atoms with E-state index >= 15 is 0 Å². The normalized spacial score (nSPS) is 13.7. The average Bonchev–Trinajstić information content (AvgIpc) is 2.91. The van der Waals surface area contributed by atoms with Crippen molar-refractivity contribution >= 4 is 32.1 Å². The lowest BCUT2D eigenvalue weighted by Crippen LogP contribution is -2.06. The summed E-state index contributed by atoms with van der Waals surface area (Å²) >= 11 is 3.23. The van der Waals surface area contributed by atoms with Crippen LogP contribution in [0.1, 0.15) is 19.4 Å². The third-order valence-corrected chi connectivity index (χ3v) is 3.86. The number of benzene rings is 1. The quantitative estimate of drug-likeness (QED) is 0.356. The van der Waals surface area contributed by atoms with Crippen LogP contribution in [0.2, 0.25) is 0 Å². The Morgan fingerprint density at radius 3 is 2.62 bits per heavy atom. The zero-order valence-electron chi connectivity index (χ0n) is 11.3. The number of hydrogen-bond donors (Lipinski definition) is 0. The highest BCUT2D eigenvalue weighted by atomic mass is 79.9. The van der Waals surface area contributed by atoms with E-state index in [1.54, 1.807) is 6.92 Å². The summed E-state index contributed by atoms with van der Waals surface area (Å²) in [6.45, 7) is 3.44. The highest BCUT2D eigenvalue weighted by Gasteiger charge is 2.26. The molecule has 1 aliphatic heterocycles. The van der Waals surface area contributed by atoms with Crippen molar-refractivity contribution in [3.05, 3.63) is 33.4 Å². The summed E-state index contributed by atoms with van der Waals surface area (Å²) in [4.78, 5) is 22.4. The maximum Gasteiger partial charge on any atom is 0.334 e. The fourth-order valence-electron chi connectivity index (χ4n) is 1.79. The van der Waals surface area contributed by atoms with Gasteiger partial charge in [-0.2, -0.15) is 0 Å². The van der Waals surface area contributed by atoms with E-state index in [0.717, 1.165) is 0 Å². The Labute approximate surface area is 128 Å². The number of nitro benzene ring substituents is 1. The molecule has 0 aromatic heterocycles. The van der Waals surface area contributed by atoms with E-state index in [-0.39, 0.29) is 34.7 Å². The van der Waals surface area contributed by atoms with Crippen LogP contribution in [0.15, 0.2) is 17.7 Å². The van der Waals surface area contributed by atoms with Gasteiger partial charge in [-0.05, 0) is 35.8 Å². The first-order valence-corrected chi connectivity index (χ1v) is 6.87. The summed E-state index contributed by atoms with van der Waals surface area (Å²) in [5, 5.41) is 11.2. The van der Waals surface area contributed by atoms with Crippen LogP contribution in [0.3, 0.4) is 0 Å². The molecule has 0 amide bonds. The van der Waals surface area contributed by atoms with Gasteiger partial charge in [0.05, 0.1) is 23.2 Å². The van der Waals surface area contributed by atoms with Crippen molar-refractivity contribution < 1.29 is 23.9 Å². The van der Waals surface area contributed by atoms with E-state index in [4.69, 9.17) is 14.2 Å². The first-order valence-electron chi connectivity index (χ1n) is 6.07. The molecule has 0 aliphatic carbocycles. The van der Waals surface area contributed by atoms with Crippen molar-refractivity contribution in [2.24, 2.45) is 0 Å². The van der Waals surface area contributed by atoms with Gasteiger partial charge in [0.15, 0.2) is 11.5 Å². The van der Waals surface area contributed by atoms with Crippen LogP contribution >= 0.6 is 15.9 Å². The van der Waals surface area contributed by atoms with Crippen LogP contribution in [0.5, 0.6) is 11.5 Å². The van der Waals surface area contributed by atoms with Gasteiger partial charge in [-0.1, -0.05) is 0 Å². The van der Waals surface area contributed by atoms with Crippen molar-refractivity contribution in [3.8, 4) is 11.5 Å². The molecular formula is C13H12BrNO6. The van der Waals surface area contributed by atoms with Gasteiger partial charge in [-0.3, -0.25) is 10.1 Å². The van der Waals surface area contributed by atoms with E-state index < -0.39 is 10.9 Å². The van der Waals surface area contributed by atoms with Gasteiger partial charge in [-0.25, -0.2) is 4.79 Å². The van der Waals surface area contributed by atoms with Crippen LogP contribution in [-0.4, -0.2) is 24.3 Å². The van der Waals surface area contributed by atoms with Gasteiger partial charge < -0.3 is 14.2 Å². The molecule has 0 fully saturated rings. The number of carbonyl (C=O) groups excluding carboxylic acids is 1. The molecule has 21 heavy (non-hydrogen) atoms. The SMILES string of the molecule is CCOC(=O)/C(C)=C(\Br)c1cc2c(cc1[N+](=O)[O-])OCO2.